The fraction of sp³-hybridized carbons (Fsp3) is 0. The first-order valence-electron chi connectivity index (χ1n) is 10.4. The maximum Gasteiger partial charge on any atom is 0.296 e. The Balaban J connectivity index is 1.58. The molecular formula is C20H16N4O12S4. The molecule has 0 saturated carbocycles. The molecular weight excluding hydrogens is 617 g/mol. The van der Waals surface area contributed by atoms with Crippen LogP contribution in [-0.2, 0) is 30.4 Å². The molecule has 0 atom stereocenters. The van der Waals surface area contributed by atoms with Gasteiger partial charge in [0.05, 0.1) is 26.3 Å². The lowest BCUT2D eigenvalue weighted by Crippen LogP contribution is -2.06. The number of imidazole rings is 2. The normalized spacial score (nSPS) is 13.8. The maximum absolute atomic E-state index is 11.8. The molecule has 0 aliphatic carbocycles. The Kier molecular flexibility index (Phi) is 6.35. The monoisotopic (exact) mass is 632 g/mol. The molecule has 0 fully saturated rings. The number of hydrogen-bond donors (Lipinski definition) is 8. The van der Waals surface area contributed by atoms with Crippen LogP contribution in [0.25, 0.3) is 44.8 Å². The third-order valence-electron chi connectivity index (χ3n) is 5.65. The van der Waals surface area contributed by atoms with E-state index < -0.39 is 60.8 Å². The zero-order valence-electron chi connectivity index (χ0n) is 19.3. The first kappa shape index (κ1) is 28.1. The van der Waals surface area contributed by atoms with Gasteiger partial charge in [0.1, 0.15) is 37.8 Å². The van der Waals surface area contributed by atoms with Gasteiger partial charge in [-0.25, -0.2) is 9.97 Å². The van der Waals surface area contributed by atoms with Gasteiger partial charge < -0.3 is 23.6 Å². The van der Waals surface area contributed by atoms with Crippen LogP contribution in [0.2, 0.25) is 0 Å². The number of nitrogens with zero attached hydrogens (tertiary/aromatic N) is 2. The molecule has 2 heterocycles. The number of rotatable bonds is 6. The zero-order chi connectivity index (χ0) is 29.4. The maximum atomic E-state index is 11.8. The number of aromatic nitrogens is 4. The van der Waals surface area contributed by atoms with Crippen LogP contribution in [0.1, 0.15) is 0 Å². The summed E-state index contributed by atoms with van der Waals surface area (Å²) in [4.78, 5) is 10.5. The summed E-state index contributed by atoms with van der Waals surface area (Å²) in [6.07, 6.45) is 0. The van der Waals surface area contributed by atoms with E-state index in [-0.39, 0.29) is 33.7 Å². The molecule has 0 saturated heterocycles. The summed E-state index contributed by atoms with van der Waals surface area (Å²) in [5.41, 5.74) is 0.500. The van der Waals surface area contributed by atoms with Gasteiger partial charge in [0.2, 0.25) is 0 Å². The van der Waals surface area contributed by atoms with Crippen molar-refractivity contribution in [3.63, 3.8) is 0 Å². The Morgan fingerprint density at radius 2 is 1.07 bits per heavy atom. The van der Waals surface area contributed by atoms with Crippen LogP contribution < -0.4 is 0 Å². The first-order chi connectivity index (χ1) is 18.3. The van der Waals surface area contributed by atoms with Crippen LogP contribution in [0.4, 0.5) is 0 Å². The Morgan fingerprint density at radius 3 is 1.57 bits per heavy atom. The first-order valence-corrected chi connectivity index (χ1v) is 16.3. The van der Waals surface area contributed by atoms with E-state index in [4.69, 9.17) is 0 Å². The van der Waals surface area contributed by atoms with E-state index in [0.29, 0.717) is 17.2 Å². The van der Waals surface area contributed by atoms with Gasteiger partial charge >= 0.3 is 0 Å². The molecule has 40 heavy (non-hydrogen) atoms. The fourth-order valence-electron chi connectivity index (χ4n) is 3.90. The van der Waals surface area contributed by atoms with E-state index in [2.05, 4.69) is 19.9 Å². The molecule has 5 rings (SSSR count). The third-order valence-corrected chi connectivity index (χ3v) is 9.30. The molecule has 0 unspecified atom stereocenters. The fourth-order valence-corrected chi connectivity index (χ4v) is 7.01. The summed E-state index contributed by atoms with van der Waals surface area (Å²) >= 11 is 0. The summed E-state index contributed by atoms with van der Waals surface area (Å²) in [5, 5.41) is 0. The molecule has 16 nitrogen and oxygen atoms in total. The van der Waals surface area contributed by atoms with Crippen molar-refractivity contribution < 1.29 is 52.6 Å². The number of H-pyrrole nitrogens is 2. The van der Waals surface area contributed by atoms with Crippen LogP contribution in [0, 0.1) is 0 Å². The van der Waals surface area contributed by atoms with Gasteiger partial charge in [0.15, 0.2) is 0 Å². The van der Waals surface area contributed by atoms with Gasteiger partial charge in [-0.15, -0.1) is 0 Å². The quantitative estimate of drug-likeness (QED) is 0.125. The van der Waals surface area contributed by atoms with Crippen LogP contribution in [0.5, 0.6) is 0 Å². The molecule has 0 amide bonds. The highest BCUT2D eigenvalue weighted by molar-refractivity contribution is 8.19. The molecule has 212 valence electrons. The molecule has 3 aromatic carbocycles. The smallest absolute Gasteiger partial charge is 0.296 e. The van der Waals surface area contributed by atoms with E-state index >= 15 is 0 Å². The largest absolute Gasteiger partial charge is 0.338 e. The second kappa shape index (κ2) is 9.04. The predicted octanol–water partition coefficient (Wildman–Crippen LogP) is 3.10. The number of nitrogens with one attached hydrogen (secondary N) is 2. The summed E-state index contributed by atoms with van der Waals surface area (Å²) in [6.45, 7) is 0. The second-order valence-electron chi connectivity index (χ2n) is 8.33. The molecule has 5 aromatic rings. The Hall–Kier alpha value is -3.44. The van der Waals surface area contributed by atoms with E-state index in [9.17, 15) is 52.6 Å². The van der Waals surface area contributed by atoms with E-state index in [1.54, 1.807) is 0 Å². The highest BCUT2D eigenvalue weighted by Crippen LogP contribution is 2.48. The van der Waals surface area contributed by atoms with Crippen molar-refractivity contribution in [1.82, 2.24) is 19.9 Å². The number of benzene rings is 3. The van der Waals surface area contributed by atoms with Gasteiger partial charge in [-0.05, 0) is 24.3 Å². The summed E-state index contributed by atoms with van der Waals surface area (Å²) in [5.74, 6) is 0.240. The lowest BCUT2D eigenvalue weighted by Gasteiger charge is -2.21. The second-order valence-corrected chi connectivity index (χ2v) is 14.0. The summed E-state index contributed by atoms with van der Waals surface area (Å²) in [6, 6.07) is 9.34. The molecule has 0 aliphatic heterocycles. The molecule has 0 aliphatic rings. The molecule has 0 bridgehead atoms. The minimum absolute atomic E-state index is 0.00349. The van der Waals surface area contributed by atoms with E-state index in [0.717, 1.165) is 18.2 Å². The van der Waals surface area contributed by atoms with Crippen LogP contribution in [0.15, 0.2) is 68.1 Å². The van der Waals surface area contributed by atoms with Gasteiger partial charge in [0.25, 0.3) is 30.4 Å². The molecule has 2 aromatic heterocycles. The van der Waals surface area contributed by atoms with Crippen molar-refractivity contribution in [2.75, 3.05) is 0 Å². The number of fused-ring (bicyclic) bond motifs is 2. The van der Waals surface area contributed by atoms with Crippen molar-refractivity contribution in [2.45, 2.75) is 19.6 Å². The van der Waals surface area contributed by atoms with Crippen molar-refractivity contribution in [1.29, 1.82) is 0 Å². The van der Waals surface area contributed by atoms with E-state index in [1.165, 1.54) is 24.3 Å². The Morgan fingerprint density at radius 1 is 0.550 bits per heavy atom. The third kappa shape index (κ3) is 5.19. The molecule has 0 spiro atoms. The van der Waals surface area contributed by atoms with Crippen molar-refractivity contribution >= 4 is 63.3 Å². The van der Waals surface area contributed by atoms with Crippen molar-refractivity contribution in [3.8, 4) is 22.8 Å². The highest BCUT2D eigenvalue weighted by Gasteiger charge is 2.28. The average Bonchev–Trinajstić information content (AvgIpc) is 3.44. The minimum atomic E-state index is -4.96. The minimum Gasteiger partial charge on any atom is -0.338 e. The SMILES string of the molecule is O=S(=O)(O)c1cc(S(=O)(=O)O)c2nc(-c3ccc(-c4nc5cc(S(=O)(=O)O)c(S(O)(O)O)cc5[nH]4)cc3)[nH]c2c1. The van der Waals surface area contributed by atoms with Crippen LogP contribution in [0.3, 0.4) is 0 Å². The lowest BCUT2D eigenvalue weighted by atomic mass is 10.1. The average molecular weight is 633 g/mol. The van der Waals surface area contributed by atoms with Crippen LogP contribution in [-0.4, -0.2) is 72.5 Å². The van der Waals surface area contributed by atoms with Gasteiger partial charge in [0, 0.05) is 11.1 Å². The van der Waals surface area contributed by atoms with Crippen molar-refractivity contribution in [3.05, 3.63) is 48.5 Å². The summed E-state index contributed by atoms with van der Waals surface area (Å²) < 4.78 is 127. The number of hydrogen-bond acceptors (Lipinski definition) is 11. The van der Waals surface area contributed by atoms with Crippen molar-refractivity contribution in [2.24, 2.45) is 0 Å². The predicted molar refractivity (Wildman–Crippen MR) is 140 cm³/mol. The molecule has 0 radical (unpaired) electrons. The number of aromatic amines is 2. The van der Waals surface area contributed by atoms with Crippen LogP contribution >= 0.6 is 10.9 Å². The molecule has 20 heteroatoms. The molecule has 8 N–H and O–H groups in total. The van der Waals surface area contributed by atoms with Gasteiger partial charge in [-0.2, -0.15) is 25.3 Å². The van der Waals surface area contributed by atoms with Gasteiger partial charge in [-0.3, -0.25) is 13.7 Å². The lowest BCUT2D eigenvalue weighted by molar-refractivity contribution is 0.372. The summed E-state index contributed by atoms with van der Waals surface area (Å²) in [7, 11) is -19.2. The zero-order valence-corrected chi connectivity index (χ0v) is 22.5. The Labute approximate surface area is 226 Å². The Bertz CT molecular complexity index is 2160. The standard InChI is InChI=1S/C20H16N4O12S4/c25-37(26,27)11-5-14-18(17(6-11)40(34,35)36)24-20(23-14)10-3-1-9(2-4-10)19-21-12-7-15(38(28,29)30)16(39(31,32)33)8-13(12)22-19/h1-8,28-30H,(H,21,22)(H,23,24)(H,25,26,27)(H,31,32,33)(H,34,35,36). The topological polar surface area (TPSA) is 281 Å². The van der Waals surface area contributed by atoms with E-state index in [1.807, 2.05) is 0 Å². The highest BCUT2D eigenvalue weighted by atomic mass is 32.3. The van der Waals surface area contributed by atoms with Gasteiger partial charge in [-0.1, -0.05) is 24.3 Å².